The zero-order chi connectivity index (χ0) is 29.1. The predicted molar refractivity (Wildman–Crippen MR) is 150 cm³/mol. The molecule has 0 unspecified atom stereocenters. The lowest BCUT2D eigenvalue weighted by Gasteiger charge is -2.16. The Kier molecular flexibility index (Phi) is 7.81. The summed E-state index contributed by atoms with van der Waals surface area (Å²) in [7, 11) is 1.46. The Morgan fingerprint density at radius 1 is 1.27 bits per heavy atom. The molecule has 3 fully saturated rings. The number of allylic oxidation sites excluding steroid dienone is 1. The van der Waals surface area contributed by atoms with Crippen molar-refractivity contribution >= 4 is 29.2 Å². The Morgan fingerprint density at radius 2 is 2.05 bits per heavy atom. The van der Waals surface area contributed by atoms with E-state index in [4.69, 9.17) is 16.2 Å². The largest absolute Gasteiger partial charge is 0.486 e. The number of nitrogens with zero attached hydrogens (tertiary/aromatic N) is 7. The lowest BCUT2D eigenvalue weighted by molar-refractivity contribution is -0.124. The molecule has 6 rings (SSSR count). The number of carbonyl (C=O) groups is 3. The number of rotatable bonds is 8. The number of anilines is 1. The Bertz CT molecular complexity index is 1530. The molecular formula is C27H34N10O4. The molecule has 3 aromatic rings. The topological polar surface area (TPSA) is 187 Å². The maximum absolute atomic E-state index is 12.6. The lowest BCUT2D eigenvalue weighted by atomic mass is 10.2. The molecule has 3 aromatic heterocycles. The fourth-order valence-corrected chi connectivity index (χ4v) is 4.09. The fourth-order valence-electron chi connectivity index (χ4n) is 4.09. The van der Waals surface area contributed by atoms with Gasteiger partial charge >= 0.3 is 6.03 Å². The van der Waals surface area contributed by atoms with Crippen molar-refractivity contribution in [1.29, 1.82) is 0 Å². The molecule has 0 bridgehead atoms. The van der Waals surface area contributed by atoms with E-state index in [1.54, 1.807) is 16.9 Å². The van der Waals surface area contributed by atoms with Crippen LogP contribution in [0.25, 0.3) is 5.65 Å². The highest BCUT2D eigenvalue weighted by Gasteiger charge is 2.37. The molecule has 0 spiro atoms. The monoisotopic (exact) mass is 562 g/mol. The highest BCUT2D eigenvalue weighted by Crippen LogP contribution is 2.41. The maximum atomic E-state index is 12.6. The third-order valence-corrected chi connectivity index (χ3v) is 6.74. The summed E-state index contributed by atoms with van der Waals surface area (Å²) in [4.78, 5) is 51.3. The SMILES string of the molecule is CN1C(=O)CN(c2cc(C3CC3)nn3cc(COC(/C=C(\N)NC(=O)C4CC4)=C/N)nc23)C1=O.Cc1ccncn1.[HH]. The first kappa shape index (κ1) is 27.6. The standard InChI is InChI=1S/C22H26N8O4.C5H6N2.H2/c1-28-19(31)10-29(22(28)33)17-7-16(12-2-3-12)27-30-9-14(25-20(17)30)11-34-15(8-23)6-18(24)26-21(32)13-4-5-13;1-5-2-3-6-4-7-5;/h6-9,12-13H,2-5,10-11,23-24H2,1H3,(H,26,32);2-4H,1H3;1H/b15-8+,18-6+;;. The predicted octanol–water partition coefficient (Wildman–Crippen LogP) is 1.68. The minimum absolute atomic E-state index is 0. The number of nitrogens with one attached hydrogen (secondary N) is 1. The average molecular weight is 563 g/mol. The smallest absolute Gasteiger partial charge is 0.331 e. The van der Waals surface area contributed by atoms with Crippen LogP contribution in [0, 0.1) is 12.8 Å². The van der Waals surface area contributed by atoms with Gasteiger partial charge in [-0.15, -0.1) is 0 Å². The van der Waals surface area contributed by atoms with Crippen LogP contribution in [0.4, 0.5) is 10.5 Å². The Hall–Kier alpha value is -5.01. The number of amides is 4. The lowest BCUT2D eigenvalue weighted by Crippen LogP contribution is -2.30. The molecule has 14 nitrogen and oxygen atoms in total. The third kappa shape index (κ3) is 6.59. The maximum Gasteiger partial charge on any atom is 0.331 e. The van der Waals surface area contributed by atoms with Crippen LogP contribution in [0.2, 0.25) is 0 Å². The molecule has 41 heavy (non-hydrogen) atoms. The molecule has 3 aliphatic rings. The minimum atomic E-state index is -0.400. The van der Waals surface area contributed by atoms with Gasteiger partial charge in [0.15, 0.2) is 5.65 Å². The van der Waals surface area contributed by atoms with Gasteiger partial charge in [0, 0.05) is 44.5 Å². The molecule has 0 radical (unpaired) electrons. The second kappa shape index (κ2) is 11.6. The molecule has 2 aliphatic carbocycles. The van der Waals surface area contributed by atoms with Gasteiger partial charge in [-0.3, -0.25) is 19.4 Å². The normalized spacial score (nSPS) is 17.5. The first-order chi connectivity index (χ1) is 19.7. The molecule has 0 aromatic carbocycles. The number of nitrogens with two attached hydrogens (primary N) is 2. The van der Waals surface area contributed by atoms with Crippen molar-refractivity contribution in [2.24, 2.45) is 17.4 Å². The van der Waals surface area contributed by atoms with Gasteiger partial charge in [0.25, 0.3) is 0 Å². The number of aromatic nitrogens is 5. The van der Waals surface area contributed by atoms with Gasteiger partial charge in [-0.1, -0.05) is 0 Å². The van der Waals surface area contributed by atoms with Crippen LogP contribution in [0.3, 0.4) is 0 Å². The summed E-state index contributed by atoms with van der Waals surface area (Å²) >= 11 is 0. The second-order valence-electron chi connectivity index (χ2n) is 10.1. The molecule has 2 saturated carbocycles. The van der Waals surface area contributed by atoms with Gasteiger partial charge in [-0.25, -0.2) is 24.3 Å². The number of hydrogen-bond donors (Lipinski definition) is 3. The number of fused-ring (bicyclic) bond motifs is 1. The number of carbonyl (C=O) groups excluding carboxylic acids is 3. The Labute approximate surface area is 237 Å². The summed E-state index contributed by atoms with van der Waals surface area (Å²) in [6.45, 7) is 1.94. The van der Waals surface area contributed by atoms with E-state index < -0.39 is 6.03 Å². The summed E-state index contributed by atoms with van der Waals surface area (Å²) in [6, 6.07) is 3.30. The van der Waals surface area contributed by atoms with Crippen LogP contribution < -0.4 is 21.7 Å². The van der Waals surface area contributed by atoms with E-state index in [-0.39, 0.29) is 43.9 Å². The van der Waals surface area contributed by atoms with E-state index in [0.717, 1.165) is 42.0 Å². The Morgan fingerprint density at radius 3 is 2.61 bits per heavy atom. The number of imide groups is 1. The van der Waals surface area contributed by atoms with Crippen molar-refractivity contribution in [3.05, 3.63) is 71.8 Å². The van der Waals surface area contributed by atoms with Gasteiger partial charge in [-0.05, 0) is 44.7 Å². The molecule has 5 N–H and O–H groups in total. The molecule has 14 heteroatoms. The summed E-state index contributed by atoms with van der Waals surface area (Å²) < 4.78 is 7.34. The van der Waals surface area contributed by atoms with Crippen LogP contribution in [-0.2, 0) is 20.9 Å². The van der Waals surface area contributed by atoms with Crippen molar-refractivity contribution in [3.8, 4) is 0 Å². The molecule has 216 valence electrons. The third-order valence-electron chi connectivity index (χ3n) is 6.74. The molecule has 4 amide bonds. The van der Waals surface area contributed by atoms with Gasteiger partial charge in [0.1, 0.15) is 31.1 Å². The molecule has 1 aliphatic heterocycles. The van der Waals surface area contributed by atoms with E-state index in [9.17, 15) is 14.4 Å². The van der Waals surface area contributed by atoms with Gasteiger partial charge in [0.2, 0.25) is 11.8 Å². The van der Waals surface area contributed by atoms with Crippen molar-refractivity contribution in [2.45, 2.75) is 45.1 Å². The quantitative estimate of drug-likeness (QED) is 0.207. The Balaban J connectivity index is 0.000000445. The van der Waals surface area contributed by atoms with Crippen molar-refractivity contribution < 1.29 is 20.5 Å². The van der Waals surface area contributed by atoms with E-state index >= 15 is 0 Å². The van der Waals surface area contributed by atoms with E-state index in [2.05, 4.69) is 25.4 Å². The fraction of sp³-hybridized carbons (Fsp3) is 0.370. The number of urea groups is 1. The van der Waals surface area contributed by atoms with Crippen LogP contribution >= 0.6 is 0 Å². The van der Waals surface area contributed by atoms with Gasteiger partial charge in [0.05, 0.1) is 23.3 Å². The van der Waals surface area contributed by atoms with Crippen molar-refractivity contribution in [1.82, 2.24) is 34.8 Å². The van der Waals surface area contributed by atoms with E-state index in [1.807, 2.05) is 19.1 Å². The summed E-state index contributed by atoms with van der Waals surface area (Å²) in [5, 5.41) is 7.27. The average Bonchev–Trinajstić information content (AvgIpc) is 3.89. The second-order valence-corrected chi connectivity index (χ2v) is 10.1. The molecule has 0 atom stereocenters. The number of likely N-dealkylation sites (N-methyl/N-ethyl adjacent to an activating group) is 1. The first-order valence-electron chi connectivity index (χ1n) is 13.3. The summed E-state index contributed by atoms with van der Waals surface area (Å²) in [5.74, 6) is 0.371. The summed E-state index contributed by atoms with van der Waals surface area (Å²) in [6.07, 6.45) is 11.5. The van der Waals surface area contributed by atoms with Gasteiger partial charge < -0.3 is 21.5 Å². The van der Waals surface area contributed by atoms with Crippen molar-refractivity contribution in [3.63, 3.8) is 0 Å². The zero-order valence-corrected chi connectivity index (χ0v) is 22.9. The van der Waals surface area contributed by atoms with E-state index in [0.29, 0.717) is 22.9 Å². The van der Waals surface area contributed by atoms with Crippen LogP contribution in [0.5, 0.6) is 0 Å². The highest BCUT2D eigenvalue weighted by atomic mass is 16.5. The minimum Gasteiger partial charge on any atom is -0.486 e. The van der Waals surface area contributed by atoms with E-state index in [1.165, 1.54) is 30.6 Å². The zero-order valence-electron chi connectivity index (χ0n) is 22.9. The molecule has 4 heterocycles. The van der Waals surface area contributed by atoms with Crippen LogP contribution in [-0.4, -0.2) is 60.9 Å². The van der Waals surface area contributed by atoms with Crippen LogP contribution in [0.1, 0.15) is 50.1 Å². The number of hydrogen-bond acceptors (Lipinski definition) is 10. The van der Waals surface area contributed by atoms with Crippen LogP contribution in [0.15, 0.2) is 54.7 Å². The molecular weight excluding hydrogens is 528 g/mol. The summed E-state index contributed by atoms with van der Waals surface area (Å²) in [5.41, 5.74) is 14.9. The first-order valence-corrected chi connectivity index (χ1v) is 13.3. The highest BCUT2D eigenvalue weighted by molar-refractivity contribution is 6.13. The number of imidazole rings is 1. The number of ether oxygens (including phenoxy) is 1. The number of aryl methyl sites for hydroxylation is 1. The molecule has 1 saturated heterocycles. The van der Waals surface area contributed by atoms with Crippen molar-refractivity contribution in [2.75, 3.05) is 18.5 Å². The van der Waals surface area contributed by atoms with Gasteiger partial charge in [-0.2, -0.15) is 5.10 Å².